The molecule has 0 heterocycles. The van der Waals surface area contributed by atoms with Crippen LogP contribution in [0.15, 0.2) is 21.1 Å². The van der Waals surface area contributed by atoms with Crippen LogP contribution in [0, 0.1) is 0 Å². The van der Waals surface area contributed by atoms with Gasteiger partial charge in [0.15, 0.2) is 0 Å². The Kier molecular flexibility index (Phi) is 3.33. The smallest absolute Gasteiger partial charge is 0.339 e. The van der Waals surface area contributed by atoms with Crippen LogP contribution in [0.25, 0.3) is 0 Å². The highest BCUT2D eigenvalue weighted by Crippen LogP contribution is 2.31. The van der Waals surface area contributed by atoms with Gasteiger partial charge in [0.25, 0.3) is 0 Å². The lowest BCUT2D eigenvalue weighted by Crippen LogP contribution is -2.02. The van der Waals surface area contributed by atoms with E-state index in [9.17, 15) is 9.90 Å². The molecule has 0 unspecified atom stereocenters. The molecule has 0 aliphatic rings. The lowest BCUT2D eigenvalue weighted by molar-refractivity contribution is 0.0599. The van der Waals surface area contributed by atoms with Crippen molar-refractivity contribution >= 4 is 37.8 Å². The number of carbonyl (C=O) groups is 1. The molecule has 1 N–H and O–H groups in total. The minimum absolute atomic E-state index is 0.00484. The summed E-state index contributed by atoms with van der Waals surface area (Å²) in [6.07, 6.45) is 0. The first-order chi connectivity index (χ1) is 6.06. The molecule has 0 aromatic heterocycles. The molecule has 0 saturated heterocycles. The second-order valence-corrected chi connectivity index (χ2v) is 3.99. The SMILES string of the molecule is COC(=O)c1cc(Br)cc(O)c1Br. The van der Waals surface area contributed by atoms with E-state index in [4.69, 9.17) is 0 Å². The quantitative estimate of drug-likeness (QED) is 0.811. The highest BCUT2D eigenvalue weighted by atomic mass is 79.9. The lowest BCUT2D eigenvalue weighted by Gasteiger charge is -2.04. The minimum Gasteiger partial charge on any atom is -0.507 e. The van der Waals surface area contributed by atoms with Crippen LogP contribution in [0.5, 0.6) is 5.75 Å². The molecule has 13 heavy (non-hydrogen) atoms. The van der Waals surface area contributed by atoms with Gasteiger partial charge in [0, 0.05) is 4.47 Å². The van der Waals surface area contributed by atoms with Gasteiger partial charge in [-0.05, 0) is 28.1 Å². The van der Waals surface area contributed by atoms with Gasteiger partial charge in [0.1, 0.15) is 5.75 Å². The highest BCUT2D eigenvalue weighted by Gasteiger charge is 2.14. The fraction of sp³-hybridized carbons (Fsp3) is 0.125. The number of hydrogen-bond acceptors (Lipinski definition) is 3. The molecule has 0 spiro atoms. The number of methoxy groups -OCH3 is 1. The molecule has 0 aliphatic carbocycles. The van der Waals surface area contributed by atoms with E-state index in [1.807, 2.05) is 0 Å². The van der Waals surface area contributed by atoms with Crippen LogP contribution in [0.4, 0.5) is 0 Å². The molecule has 70 valence electrons. The van der Waals surface area contributed by atoms with E-state index in [1.165, 1.54) is 13.2 Å². The van der Waals surface area contributed by atoms with Gasteiger partial charge in [-0.15, -0.1) is 0 Å². The van der Waals surface area contributed by atoms with Crippen molar-refractivity contribution in [2.45, 2.75) is 0 Å². The van der Waals surface area contributed by atoms with Gasteiger partial charge in [-0.25, -0.2) is 4.79 Å². The van der Waals surface area contributed by atoms with Crippen LogP contribution >= 0.6 is 31.9 Å². The molecule has 0 amide bonds. The third-order valence-corrected chi connectivity index (χ3v) is 2.71. The summed E-state index contributed by atoms with van der Waals surface area (Å²) in [5.74, 6) is -0.502. The van der Waals surface area contributed by atoms with Crippen LogP contribution in [-0.4, -0.2) is 18.2 Å². The van der Waals surface area contributed by atoms with Crippen LogP contribution < -0.4 is 0 Å². The molecule has 5 heteroatoms. The fourth-order valence-corrected chi connectivity index (χ4v) is 1.67. The number of hydrogen-bond donors (Lipinski definition) is 1. The van der Waals surface area contributed by atoms with E-state index in [2.05, 4.69) is 36.6 Å². The second-order valence-electron chi connectivity index (χ2n) is 2.28. The van der Waals surface area contributed by atoms with Gasteiger partial charge in [0.05, 0.1) is 17.1 Å². The van der Waals surface area contributed by atoms with E-state index in [-0.39, 0.29) is 11.3 Å². The Hall–Kier alpha value is -0.550. The van der Waals surface area contributed by atoms with E-state index in [0.29, 0.717) is 8.95 Å². The van der Waals surface area contributed by atoms with Gasteiger partial charge in [-0.1, -0.05) is 15.9 Å². The van der Waals surface area contributed by atoms with Crippen molar-refractivity contribution in [3.63, 3.8) is 0 Å². The van der Waals surface area contributed by atoms with Gasteiger partial charge in [-0.3, -0.25) is 0 Å². The molecule has 0 fully saturated rings. The third kappa shape index (κ3) is 2.22. The summed E-state index contributed by atoms with van der Waals surface area (Å²) in [5, 5.41) is 9.34. The maximum absolute atomic E-state index is 11.2. The molecule has 0 radical (unpaired) electrons. The summed E-state index contributed by atoms with van der Waals surface area (Å²) in [6, 6.07) is 3.05. The molecule has 0 saturated carbocycles. The molecular formula is C8H6Br2O3. The lowest BCUT2D eigenvalue weighted by atomic mass is 10.2. The monoisotopic (exact) mass is 308 g/mol. The molecule has 1 aromatic rings. The van der Waals surface area contributed by atoms with Crippen molar-refractivity contribution in [1.29, 1.82) is 0 Å². The number of ether oxygens (including phenoxy) is 1. The molecule has 0 atom stereocenters. The predicted molar refractivity (Wildman–Crippen MR) is 54.8 cm³/mol. The van der Waals surface area contributed by atoms with Crippen LogP contribution in [0.2, 0.25) is 0 Å². The van der Waals surface area contributed by atoms with Crippen molar-refractivity contribution in [1.82, 2.24) is 0 Å². The topological polar surface area (TPSA) is 46.5 Å². The number of phenolic OH excluding ortho intramolecular Hbond substituents is 1. The van der Waals surface area contributed by atoms with Crippen LogP contribution in [-0.2, 0) is 4.74 Å². The maximum atomic E-state index is 11.2. The summed E-state index contributed by atoms with van der Waals surface area (Å²) < 4.78 is 5.48. The Morgan fingerprint density at radius 2 is 2.08 bits per heavy atom. The molecular weight excluding hydrogens is 304 g/mol. The normalized spacial score (nSPS) is 9.77. The molecule has 1 rings (SSSR count). The molecule has 1 aromatic carbocycles. The highest BCUT2D eigenvalue weighted by molar-refractivity contribution is 9.11. The molecule has 0 bridgehead atoms. The largest absolute Gasteiger partial charge is 0.507 e. The summed E-state index contributed by atoms with van der Waals surface area (Å²) in [6.45, 7) is 0. The Morgan fingerprint density at radius 1 is 1.46 bits per heavy atom. The van der Waals surface area contributed by atoms with Crippen molar-refractivity contribution in [3.05, 3.63) is 26.6 Å². The number of halogens is 2. The number of esters is 1. The number of rotatable bonds is 1. The van der Waals surface area contributed by atoms with Gasteiger partial charge < -0.3 is 9.84 Å². The second kappa shape index (κ2) is 4.11. The summed E-state index contributed by atoms with van der Waals surface area (Å²) in [4.78, 5) is 11.2. The molecule has 3 nitrogen and oxygen atoms in total. The van der Waals surface area contributed by atoms with E-state index in [1.54, 1.807) is 6.07 Å². The first-order valence-electron chi connectivity index (χ1n) is 3.32. The Bertz CT molecular complexity index is 349. The summed E-state index contributed by atoms with van der Waals surface area (Å²) in [7, 11) is 1.28. The zero-order chi connectivity index (χ0) is 10.0. The van der Waals surface area contributed by atoms with Crippen molar-refractivity contribution in [3.8, 4) is 5.75 Å². The predicted octanol–water partition coefficient (Wildman–Crippen LogP) is 2.70. The number of benzene rings is 1. The summed E-state index contributed by atoms with van der Waals surface area (Å²) >= 11 is 6.24. The number of carbonyl (C=O) groups excluding carboxylic acids is 1. The third-order valence-electron chi connectivity index (χ3n) is 1.42. The van der Waals surface area contributed by atoms with E-state index < -0.39 is 5.97 Å². The van der Waals surface area contributed by atoms with Crippen molar-refractivity contribution in [2.24, 2.45) is 0 Å². The first kappa shape index (κ1) is 10.5. The number of aromatic hydroxyl groups is 1. The zero-order valence-corrected chi connectivity index (χ0v) is 9.85. The fourth-order valence-electron chi connectivity index (χ4n) is 0.833. The molecule has 0 aliphatic heterocycles. The zero-order valence-electron chi connectivity index (χ0n) is 6.67. The average molecular weight is 310 g/mol. The van der Waals surface area contributed by atoms with Gasteiger partial charge in [-0.2, -0.15) is 0 Å². The minimum atomic E-state index is -0.497. The van der Waals surface area contributed by atoms with Crippen molar-refractivity contribution < 1.29 is 14.6 Å². The Morgan fingerprint density at radius 3 is 2.62 bits per heavy atom. The van der Waals surface area contributed by atoms with Gasteiger partial charge >= 0.3 is 5.97 Å². The Balaban J connectivity index is 3.28. The maximum Gasteiger partial charge on any atom is 0.339 e. The van der Waals surface area contributed by atoms with Gasteiger partial charge in [0.2, 0.25) is 0 Å². The van der Waals surface area contributed by atoms with Crippen LogP contribution in [0.1, 0.15) is 10.4 Å². The van der Waals surface area contributed by atoms with E-state index in [0.717, 1.165) is 0 Å². The standard InChI is InChI=1S/C8H6Br2O3/c1-13-8(12)5-2-4(9)3-6(11)7(5)10/h2-3,11H,1H3. The van der Waals surface area contributed by atoms with E-state index >= 15 is 0 Å². The number of phenols is 1. The Labute approximate surface area is 92.0 Å². The van der Waals surface area contributed by atoms with Crippen molar-refractivity contribution in [2.75, 3.05) is 7.11 Å². The average Bonchev–Trinajstić information content (AvgIpc) is 2.10. The van der Waals surface area contributed by atoms with Crippen LogP contribution in [0.3, 0.4) is 0 Å². The summed E-state index contributed by atoms with van der Waals surface area (Å²) in [5.41, 5.74) is 0.286. The first-order valence-corrected chi connectivity index (χ1v) is 4.91.